The summed E-state index contributed by atoms with van der Waals surface area (Å²) in [6.45, 7) is 1.58. The summed E-state index contributed by atoms with van der Waals surface area (Å²) in [5.74, 6) is 1.24. The number of amides is 2. The van der Waals surface area contributed by atoms with Crippen LogP contribution in [-0.4, -0.2) is 74.2 Å². The minimum absolute atomic E-state index is 0.0254. The molecule has 0 bridgehead atoms. The van der Waals surface area contributed by atoms with Crippen LogP contribution >= 0.6 is 0 Å². The maximum atomic E-state index is 13.7. The number of aromatic amines is 1. The van der Waals surface area contributed by atoms with Gasteiger partial charge < -0.3 is 29.0 Å². The van der Waals surface area contributed by atoms with Crippen molar-refractivity contribution in [1.29, 1.82) is 0 Å². The van der Waals surface area contributed by atoms with E-state index >= 15 is 0 Å². The molecule has 0 atom stereocenters. The second-order valence-electron chi connectivity index (χ2n) is 9.61. The van der Waals surface area contributed by atoms with E-state index in [9.17, 15) is 9.59 Å². The number of ether oxygens (including phenoxy) is 3. The standard InChI is InChI=1S/C32H37N3O5/c1-38-19-18-35(31(36)20-24-8-12-27(39-2)13-9-24)23-32(37)34(22-25-10-14-28(40-3)15-11-25)17-16-26-21-33-30-7-5-4-6-29(26)30/h4-15,21,33H,16-20,22-23H2,1-3H3. The van der Waals surface area contributed by atoms with Gasteiger partial charge in [0.05, 0.1) is 33.8 Å². The summed E-state index contributed by atoms with van der Waals surface area (Å²) in [4.78, 5) is 33.8. The van der Waals surface area contributed by atoms with Crippen LogP contribution in [0.25, 0.3) is 10.9 Å². The zero-order valence-corrected chi connectivity index (χ0v) is 23.4. The van der Waals surface area contributed by atoms with Crippen molar-refractivity contribution in [3.63, 3.8) is 0 Å². The Morgan fingerprint density at radius 1 is 0.750 bits per heavy atom. The van der Waals surface area contributed by atoms with Gasteiger partial charge in [-0.3, -0.25) is 9.59 Å². The van der Waals surface area contributed by atoms with Crippen molar-refractivity contribution in [3.05, 3.63) is 95.7 Å². The highest BCUT2D eigenvalue weighted by Gasteiger charge is 2.22. The van der Waals surface area contributed by atoms with Gasteiger partial charge in [0.25, 0.3) is 0 Å². The number of H-pyrrole nitrogens is 1. The van der Waals surface area contributed by atoms with Crippen molar-refractivity contribution in [2.24, 2.45) is 0 Å². The molecule has 0 saturated carbocycles. The predicted octanol–water partition coefficient (Wildman–Crippen LogP) is 4.47. The third kappa shape index (κ3) is 7.64. The number of nitrogens with one attached hydrogen (secondary N) is 1. The van der Waals surface area contributed by atoms with Crippen LogP contribution in [0.15, 0.2) is 79.0 Å². The third-order valence-corrected chi connectivity index (χ3v) is 6.97. The van der Waals surface area contributed by atoms with E-state index in [1.807, 2.05) is 77.8 Å². The highest BCUT2D eigenvalue weighted by Crippen LogP contribution is 2.20. The maximum Gasteiger partial charge on any atom is 0.242 e. The summed E-state index contributed by atoms with van der Waals surface area (Å²) in [5.41, 5.74) is 4.06. The predicted molar refractivity (Wildman–Crippen MR) is 156 cm³/mol. The molecule has 8 nitrogen and oxygen atoms in total. The molecular formula is C32H37N3O5. The first kappa shape index (κ1) is 28.7. The smallest absolute Gasteiger partial charge is 0.242 e. The van der Waals surface area contributed by atoms with E-state index in [1.54, 1.807) is 26.2 Å². The molecule has 0 aliphatic carbocycles. The SMILES string of the molecule is COCCN(CC(=O)N(CCc1c[nH]c2ccccc12)Cc1ccc(OC)cc1)C(=O)Cc1ccc(OC)cc1. The van der Waals surface area contributed by atoms with Crippen molar-refractivity contribution >= 4 is 22.7 Å². The molecule has 0 unspecified atom stereocenters. The Balaban J connectivity index is 1.50. The van der Waals surface area contributed by atoms with Gasteiger partial charge in [0.2, 0.25) is 11.8 Å². The molecule has 1 heterocycles. The van der Waals surface area contributed by atoms with E-state index in [1.165, 1.54) is 0 Å². The summed E-state index contributed by atoms with van der Waals surface area (Å²) in [7, 11) is 4.82. The average Bonchev–Trinajstić information content (AvgIpc) is 3.41. The van der Waals surface area contributed by atoms with Crippen LogP contribution in [0.1, 0.15) is 16.7 Å². The molecule has 0 radical (unpaired) electrons. The number of hydrogen-bond acceptors (Lipinski definition) is 5. The summed E-state index contributed by atoms with van der Waals surface area (Å²) in [6, 6.07) is 23.2. The molecule has 8 heteroatoms. The highest BCUT2D eigenvalue weighted by molar-refractivity contribution is 5.86. The average molecular weight is 544 g/mol. The molecule has 0 fully saturated rings. The highest BCUT2D eigenvalue weighted by atomic mass is 16.5. The van der Waals surface area contributed by atoms with Crippen molar-refractivity contribution in [3.8, 4) is 11.5 Å². The van der Waals surface area contributed by atoms with E-state index in [-0.39, 0.29) is 24.8 Å². The third-order valence-electron chi connectivity index (χ3n) is 6.97. The summed E-state index contributed by atoms with van der Waals surface area (Å²) >= 11 is 0. The van der Waals surface area contributed by atoms with Gasteiger partial charge in [0.15, 0.2) is 0 Å². The topological polar surface area (TPSA) is 84.1 Å². The first-order valence-electron chi connectivity index (χ1n) is 13.4. The summed E-state index contributed by atoms with van der Waals surface area (Å²) < 4.78 is 15.8. The molecule has 0 spiro atoms. The van der Waals surface area contributed by atoms with E-state index in [2.05, 4.69) is 11.1 Å². The number of carbonyl (C=O) groups excluding carboxylic acids is 2. The first-order valence-corrected chi connectivity index (χ1v) is 13.4. The fourth-order valence-corrected chi connectivity index (χ4v) is 4.62. The molecule has 1 N–H and O–H groups in total. The molecular weight excluding hydrogens is 506 g/mol. The second kappa shape index (κ2) is 14.2. The maximum absolute atomic E-state index is 13.7. The lowest BCUT2D eigenvalue weighted by Gasteiger charge is -2.28. The van der Waals surface area contributed by atoms with Crippen molar-refractivity contribution in [2.45, 2.75) is 19.4 Å². The van der Waals surface area contributed by atoms with Crippen LogP contribution in [0.2, 0.25) is 0 Å². The minimum Gasteiger partial charge on any atom is -0.497 e. The largest absolute Gasteiger partial charge is 0.497 e. The Morgan fingerprint density at radius 2 is 1.40 bits per heavy atom. The minimum atomic E-state index is -0.128. The molecule has 0 aliphatic rings. The lowest BCUT2D eigenvalue weighted by atomic mass is 10.1. The fourth-order valence-electron chi connectivity index (χ4n) is 4.62. The van der Waals surface area contributed by atoms with Crippen molar-refractivity contribution < 1.29 is 23.8 Å². The molecule has 2 amide bonds. The monoisotopic (exact) mass is 543 g/mol. The van der Waals surface area contributed by atoms with Crippen LogP contribution < -0.4 is 9.47 Å². The van der Waals surface area contributed by atoms with E-state index < -0.39 is 0 Å². The zero-order valence-electron chi connectivity index (χ0n) is 23.4. The van der Waals surface area contributed by atoms with Gasteiger partial charge in [0, 0.05) is 43.8 Å². The Kier molecular flexibility index (Phi) is 10.2. The lowest BCUT2D eigenvalue weighted by Crippen LogP contribution is -2.45. The van der Waals surface area contributed by atoms with E-state index in [4.69, 9.17) is 14.2 Å². The van der Waals surface area contributed by atoms with Gasteiger partial charge in [-0.1, -0.05) is 42.5 Å². The van der Waals surface area contributed by atoms with Crippen LogP contribution in [-0.2, 0) is 33.7 Å². The Hall–Kier alpha value is -4.30. The molecule has 1 aromatic heterocycles. The second-order valence-corrected chi connectivity index (χ2v) is 9.61. The number of nitrogens with zero attached hydrogens (tertiary/aromatic N) is 2. The summed E-state index contributed by atoms with van der Waals surface area (Å²) in [5, 5.41) is 1.15. The number of hydrogen-bond donors (Lipinski definition) is 1. The Morgan fingerprint density at radius 3 is 2.05 bits per heavy atom. The Bertz CT molecular complexity index is 1380. The molecule has 3 aromatic carbocycles. The number of aromatic nitrogens is 1. The fraction of sp³-hybridized carbons (Fsp3) is 0.312. The van der Waals surface area contributed by atoms with E-state index in [0.717, 1.165) is 39.1 Å². The summed E-state index contributed by atoms with van der Waals surface area (Å²) in [6.07, 6.45) is 2.88. The van der Waals surface area contributed by atoms with Crippen LogP contribution in [0.5, 0.6) is 11.5 Å². The van der Waals surface area contributed by atoms with Gasteiger partial charge in [-0.2, -0.15) is 0 Å². The normalized spacial score (nSPS) is 10.9. The quantitative estimate of drug-likeness (QED) is 0.254. The van der Waals surface area contributed by atoms with Crippen molar-refractivity contribution in [1.82, 2.24) is 14.8 Å². The van der Waals surface area contributed by atoms with Gasteiger partial charge in [-0.25, -0.2) is 0 Å². The number of methoxy groups -OCH3 is 3. The van der Waals surface area contributed by atoms with Crippen LogP contribution in [0.3, 0.4) is 0 Å². The lowest BCUT2D eigenvalue weighted by molar-refractivity contribution is -0.141. The molecule has 0 aliphatic heterocycles. The molecule has 4 aromatic rings. The first-order chi connectivity index (χ1) is 19.5. The molecule has 40 heavy (non-hydrogen) atoms. The van der Waals surface area contributed by atoms with Gasteiger partial charge in [0.1, 0.15) is 11.5 Å². The van der Waals surface area contributed by atoms with E-state index in [0.29, 0.717) is 32.7 Å². The number of benzene rings is 3. The van der Waals surface area contributed by atoms with Crippen molar-refractivity contribution in [2.75, 3.05) is 47.6 Å². The molecule has 210 valence electrons. The zero-order chi connectivity index (χ0) is 28.3. The molecule has 4 rings (SSSR count). The van der Waals surface area contributed by atoms with Crippen LogP contribution in [0.4, 0.5) is 0 Å². The number of rotatable bonds is 14. The van der Waals surface area contributed by atoms with Gasteiger partial charge in [-0.15, -0.1) is 0 Å². The Labute approximate surface area is 235 Å². The van der Waals surface area contributed by atoms with Gasteiger partial charge >= 0.3 is 0 Å². The molecule has 0 saturated heterocycles. The van der Waals surface area contributed by atoms with Gasteiger partial charge in [-0.05, 0) is 53.4 Å². The number of carbonyl (C=O) groups is 2. The number of fused-ring (bicyclic) bond motifs is 1. The van der Waals surface area contributed by atoms with Crippen LogP contribution in [0, 0.1) is 0 Å². The number of para-hydroxylation sites is 1.